The Morgan fingerprint density at radius 3 is 2.63 bits per heavy atom. The number of pyridine rings is 1. The van der Waals surface area contributed by atoms with Crippen LogP contribution in [0.1, 0.15) is 11.3 Å². The van der Waals surface area contributed by atoms with E-state index in [1.807, 2.05) is 24.4 Å². The third-order valence-corrected chi connectivity index (χ3v) is 7.76. The summed E-state index contributed by atoms with van der Waals surface area (Å²) in [5, 5.41) is 13.6. The second-order valence-electron chi connectivity index (χ2n) is 8.38. The third kappa shape index (κ3) is 7.59. The number of imidazole rings is 1. The van der Waals surface area contributed by atoms with Gasteiger partial charge in [-0.05, 0) is 48.4 Å². The molecule has 0 fully saturated rings. The van der Waals surface area contributed by atoms with Crippen molar-refractivity contribution in [2.75, 3.05) is 17.9 Å². The average molecular weight is 597 g/mol. The highest BCUT2D eigenvalue weighted by atomic mass is 35.5. The molecule has 2 aromatic carbocycles. The molecule has 13 heteroatoms. The molecule has 2 aromatic heterocycles. The van der Waals surface area contributed by atoms with Gasteiger partial charge in [0.05, 0.1) is 32.0 Å². The number of nitrogens with zero attached hydrogens (tertiary/aromatic N) is 2. The number of hydrogen-bond acceptors (Lipinski definition) is 7. The second kappa shape index (κ2) is 12.8. The van der Waals surface area contributed by atoms with Crippen molar-refractivity contribution in [2.24, 2.45) is 5.92 Å². The topological polar surface area (TPSA) is 129 Å². The lowest BCUT2D eigenvalue weighted by molar-refractivity contribution is 0.221. The molecular formula is C25H24Cl3N5O4S. The van der Waals surface area contributed by atoms with Crippen LogP contribution < -0.4 is 14.8 Å². The molecular weight excluding hydrogens is 573 g/mol. The maximum absolute atomic E-state index is 13.0. The Hall–Kier alpha value is -2.86. The van der Waals surface area contributed by atoms with Crippen LogP contribution in [-0.4, -0.2) is 41.6 Å². The van der Waals surface area contributed by atoms with Gasteiger partial charge in [0.2, 0.25) is 5.88 Å². The van der Waals surface area contributed by atoms with Crippen molar-refractivity contribution in [3.05, 3.63) is 93.6 Å². The van der Waals surface area contributed by atoms with Crippen LogP contribution >= 0.6 is 34.8 Å². The fourth-order valence-corrected chi connectivity index (χ4v) is 5.17. The van der Waals surface area contributed by atoms with Gasteiger partial charge >= 0.3 is 0 Å². The van der Waals surface area contributed by atoms with Crippen molar-refractivity contribution in [1.82, 2.24) is 20.3 Å². The summed E-state index contributed by atoms with van der Waals surface area (Å²) >= 11 is 18.0. The largest absolute Gasteiger partial charge is 0.437 e. The van der Waals surface area contributed by atoms with E-state index < -0.39 is 10.0 Å². The maximum atomic E-state index is 13.0. The number of aromatic nitrogens is 3. The minimum atomic E-state index is -4.04. The quantitative estimate of drug-likeness (QED) is 0.175. The maximum Gasteiger partial charge on any atom is 0.262 e. The van der Waals surface area contributed by atoms with Gasteiger partial charge in [0, 0.05) is 38.0 Å². The summed E-state index contributed by atoms with van der Waals surface area (Å²) < 4.78 is 34.3. The Bertz CT molecular complexity index is 1490. The van der Waals surface area contributed by atoms with Gasteiger partial charge in [-0.1, -0.05) is 46.9 Å². The van der Waals surface area contributed by atoms with Gasteiger partial charge in [-0.15, -0.1) is 0 Å². The zero-order valence-electron chi connectivity index (χ0n) is 19.9. The molecule has 9 nitrogen and oxygen atoms in total. The first kappa shape index (κ1) is 28.2. The lowest BCUT2D eigenvalue weighted by Crippen LogP contribution is -2.26. The molecule has 0 aliphatic carbocycles. The second-order valence-corrected chi connectivity index (χ2v) is 11.3. The molecule has 0 radical (unpaired) electrons. The van der Waals surface area contributed by atoms with E-state index in [0.717, 1.165) is 11.3 Å². The molecule has 2 heterocycles. The summed E-state index contributed by atoms with van der Waals surface area (Å²) in [6, 6.07) is 12.6. The number of nitrogens with one attached hydrogen (secondary N) is 3. The van der Waals surface area contributed by atoms with Crippen molar-refractivity contribution in [2.45, 2.75) is 17.9 Å². The Morgan fingerprint density at radius 2 is 1.89 bits per heavy atom. The molecule has 0 saturated carbocycles. The van der Waals surface area contributed by atoms with E-state index in [0.29, 0.717) is 25.3 Å². The standard InChI is InChI=1S/C25H24Cl3N5O4S/c26-18-8-24(33-38(35,36)21-4-5-22(27)23(28)9-21)25(31-12-18)37-20-3-1-2-16(7-20)10-29-11-17(14-34)6-19-13-30-15-32-19/h1-5,7-9,12-13,15,17,29,33-34H,6,10-11,14H2,(H,30,32)/t17-/m0/s1. The van der Waals surface area contributed by atoms with E-state index in [2.05, 4.69) is 25.0 Å². The number of anilines is 1. The molecule has 200 valence electrons. The Labute approximate surface area is 235 Å². The fraction of sp³-hybridized carbons (Fsp3) is 0.200. The van der Waals surface area contributed by atoms with E-state index in [1.54, 1.807) is 12.4 Å². The molecule has 0 aliphatic heterocycles. The third-order valence-electron chi connectivity index (χ3n) is 5.45. The van der Waals surface area contributed by atoms with Gasteiger partial charge in [-0.3, -0.25) is 4.72 Å². The first-order chi connectivity index (χ1) is 18.2. The predicted octanol–water partition coefficient (Wildman–Crippen LogP) is 5.30. The summed E-state index contributed by atoms with van der Waals surface area (Å²) in [7, 11) is -4.04. The summed E-state index contributed by atoms with van der Waals surface area (Å²) in [5.41, 5.74) is 1.87. The van der Waals surface area contributed by atoms with Crippen molar-refractivity contribution >= 4 is 50.5 Å². The average Bonchev–Trinajstić information content (AvgIpc) is 3.40. The van der Waals surface area contributed by atoms with Gasteiger partial charge < -0.3 is 20.1 Å². The minimum Gasteiger partial charge on any atom is -0.437 e. The molecule has 0 bridgehead atoms. The highest BCUT2D eigenvalue weighted by Gasteiger charge is 2.20. The lowest BCUT2D eigenvalue weighted by Gasteiger charge is -2.15. The molecule has 4 N–H and O–H groups in total. The number of ether oxygens (including phenoxy) is 1. The van der Waals surface area contributed by atoms with E-state index >= 15 is 0 Å². The van der Waals surface area contributed by atoms with Gasteiger partial charge in [-0.25, -0.2) is 18.4 Å². The fourth-order valence-electron chi connectivity index (χ4n) is 3.58. The first-order valence-corrected chi connectivity index (χ1v) is 14.0. The lowest BCUT2D eigenvalue weighted by atomic mass is 10.0. The zero-order chi connectivity index (χ0) is 27.1. The summed E-state index contributed by atoms with van der Waals surface area (Å²) in [4.78, 5) is 11.2. The van der Waals surface area contributed by atoms with Gasteiger partial charge in [0.15, 0.2) is 0 Å². The number of benzene rings is 2. The number of aliphatic hydroxyl groups is 1. The van der Waals surface area contributed by atoms with Crippen LogP contribution in [0.25, 0.3) is 0 Å². The predicted molar refractivity (Wildman–Crippen MR) is 148 cm³/mol. The molecule has 0 amide bonds. The Morgan fingerprint density at radius 1 is 1.05 bits per heavy atom. The van der Waals surface area contributed by atoms with E-state index in [1.165, 1.54) is 30.5 Å². The van der Waals surface area contributed by atoms with Gasteiger partial charge in [-0.2, -0.15) is 0 Å². The number of H-pyrrole nitrogens is 1. The number of aromatic amines is 1. The number of aliphatic hydroxyl groups excluding tert-OH is 1. The van der Waals surface area contributed by atoms with Crippen LogP contribution in [0, 0.1) is 5.92 Å². The summed E-state index contributed by atoms with van der Waals surface area (Å²) in [5.74, 6) is 0.480. The summed E-state index contributed by atoms with van der Waals surface area (Å²) in [6.45, 7) is 1.15. The molecule has 1 atom stereocenters. The van der Waals surface area contributed by atoms with Crippen molar-refractivity contribution in [3.8, 4) is 11.6 Å². The normalized spacial score (nSPS) is 12.3. The van der Waals surface area contributed by atoms with Gasteiger partial charge in [0.25, 0.3) is 10.0 Å². The monoisotopic (exact) mass is 595 g/mol. The van der Waals surface area contributed by atoms with Crippen molar-refractivity contribution in [3.63, 3.8) is 0 Å². The summed E-state index contributed by atoms with van der Waals surface area (Å²) in [6.07, 6.45) is 5.43. The van der Waals surface area contributed by atoms with Crippen LogP contribution in [0.15, 0.2) is 72.1 Å². The van der Waals surface area contributed by atoms with Crippen molar-refractivity contribution in [1.29, 1.82) is 0 Å². The van der Waals surface area contributed by atoms with E-state index in [-0.39, 0.29) is 44.1 Å². The van der Waals surface area contributed by atoms with Crippen molar-refractivity contribution < 1.29 is 18.3 Å². The highest BCUT2D eigenvalue weighted by Crippen LogP contribution is 2.32. The Balaban J connectivity index is 1.44. The van der Waals surface area contributed by atoms with E-state index in [9.17, 15) is 13.5 Å². The van der Waals surface area contributed by atoms with Crippen LogP contribution in [0.2, 0.25) is 15.1 Å². The zero-order valence-corrected chi connectivity index (χ0v) is 22.9. The van der Waals surface area contributed by atoms with Crippen LogP contribution in [0.3, 0.4) is 0 Å². The molecule has 4 aromatic rings. The van der Waals surface area contributed by atoms with Crippen LogP contribution in [-0.2, 0) is 23.0 Å². The first-order valence-electron chi connectivity index (χ1n) is 11.4. The highest BCUT2D eigenvalue weighted by molar-refractivity contribution is 7.92. The smallest absolute Gasteiger partial charge is 0.262 e. The van der Waals surface area contributed by atoms with Crippen LogP contribution in [0.4, 0.5) is 5.69 Å². The molecule has 0 spiro atoms. The molecule has 38 heavy (non-hydrogen) atoms. The van der Waals surface area contributed by atoms with E-state index in [4.69, 9.17) is 39.5 Å². The molecule has 0 aliphatic rings. The molecule has 4 rings (SSSR count). The number of rotatable bonds is 12. The minimum absolute atomic E-state index is 0.0158. The van der Waals surface area contributed by atoms with Gasteiger partial charge in [0.1, 0.15) is 11.4 Å². The number of sulfonamides is 1. The molecule has 0 saturated heterocycles. The Kier molecular flexibility index (Phi) is 9.48. The molecule has 0 unspecified atom stereocenters. The van der Waals surface area contributed by atoms with Crippen LogP contribution in [0.5, 0.6) is 11.6 Å². The number of hydrogen-bond donors (Lipinski definition) is 4. The SMILES string of the molecule is O=S(=O)(Nc1cc(Cl)cnc1Oc1cccc(CNC[C@@H](CO)Cc2c[nH]cn2)c1)c1ccc(Cl)c(Cl)c1. The number of halogens is 3.